The van der Waals surface area contributed by atoms with E-state index in [0.29, 0.717) is 5.02 Å². The summed E-state index contributed by atoms with van der Waals surface area (Å²) in [4.78, 5) is 11.7. The van der Waals surface area contributed by atoms with E-state index in [1.807, 2.05) is 39.8 Å². The van der Waals surface area contributed by atoms with Crippen LogP contribution in [0.5, 0.6) is 0 Å². The van der Waals surface area contributed by atoms with Gasteiger partial charge in [0.2, 0.25) is 0 Å². The van der Waals surface area contributed by atoms with Crippen LogP contribution in [0.4, 0.5) is 4.79 Å². The van der Waals surface area contributed by atoms with Gasteiger partial charge in [-0.25, -0.2) is 4.79 Å². The third-order valence-electron chi connectivity index (χ3n) is 2.47. The number of carbonyl (C=O) groups is 1. The molecule has 0 unspecified atom stereocenters. The summed E-state index contributed by atoms with van der Waals surface area (Å²) in [7, 11) is 0. The molecule has 1 aromatic rings. The molecule has 1 atom stereocenters. The molecule has 0 aliphatic heterocycles. The van der Waals surface area contributed by atoms with E-state index in [0.717, 1.165) is 11.1 Å². The highest BCUT2D eigenvalue weighted by Crippen LogP contribution is 2.19. The van der Waals surface area contributed by atoms with Crippen molar-refractivity contribution in [2.24, 2.45) is 0 Å². The van der Waals surface area contributed by atoms with Crippen LogP contribution in [0.2, 0.25) is 5.02 Å². The first-order valence-electron chi connectivity index (χ1n) is 6.13. The van der Waals surface area contributed by atoms with E-state index in [1.165, 1.54) is 0 Å². The molecule has 0 aromatic heterocycles. The van der Waals surface area contributed by atoms with Gasteiger partial charge in [-0.05, 0) is 51.0 Å². The quantitative estimate of drug-likeness (QED) is 0.899. The number of halogens is 1. The predicted molar refractivity (Wildman–Crippen MR) is 79.3 cm³/mol. The van der Waals surface area contributed by atoms with Crippen LogP contribution in [0.1, 0.15) is 33.3 Å². The van der Waals surface area contributed by atoms with Crippen molar-refractivity contribution in [3.8, 4) is 0 Å². The smallest absolute Gasteiger partial charge is 0.408 e. The summed E-state index contributed by atoms with van der Waals surface area (Å²) in [6, 6.07) is 7.12. The number of amides is 1. The van der Waals surface area contributed by atoms with Gasteiger partial charge in [0.25, 0.3) is 0 Å². The number of nitrogens with one attached hydrogen (secondary N) is 1. The first-order valence-corrected chi connectivity index (χ1v) is 6.51. The second kappa shape index (κ2) is 6.11. The summed E-state index contributed by atoms with van der Waals surface area (Å²) in [5.41, 5.74) is 1.24. The highest BCUT2D eigenvalue weighted by Gasteiger charge is 2.19. The Morgan fingerprint density at radius 3 is 2.32 bits per heavy atom. The SMILES string of the molecule is C=C(c1ccc(Cl)cc1)[C@H](C)NC(=O)OC(C)(C)C. The van der Waals surface area contributed by atoms with Crippen molar-refractivity contribution in [2.75, 3.05) is 0 Å². The second-order valence-electron chi connectivity index (χ2n) is 5.40. The van der Waals surface area contributed by atoms with Gasteiger partial charge in [0.15, 0.2) is 0 Å². The van der Waals surface area contributed by atoms with E-state index in [2.05, 4.69) is 11.9 Å². The number of carbonyl (C=O) groups excluding carboxylic acids is 1. The van der Waals surface area contributed by atoms with E-state index in [4.69, 9.17) is 16.3 Å². The maximum Gasteiger partial charge on any atom is 0.408 e. The first-order chi connectivity index (χ1) is 8.69. The zero-order valence-corrected chi connectivity index (χ0v) is 12.5. The highest BCUT2D eigenvalue weighted by atomic mass is 35.5. The fourth-order valence-corrected chi connectivity index (χ4v) is 1.61. The number of benzene rings is 1. The largest absolute Gasteiger partial charge is 0.444 e. The lowest BCUT2D eigenvalue weighted by molar-refractivity contribution is 0.0519. The zero-order chi connectivity index (χ0) is 14.6. The van der Waals surface area contributed by atoms with Crippen LogP contribution in [0.15, 0.2) is 30.8 Å². The van der Waals surface area contributed by atoms with Crippen molar-refractivity contribution >= 4 is 23.3 Å². The Bertz CT molecular complexity index is 460. The Kier molecular flexibility index (Phi) is 5.01. The lowest BCUT2D eigenvalue weighted by Gasteiger charge is -2.23. The Balaban J connectivity index is 2.63. The van der Waals surface area contributed by atoms with Crippen LogP contribution in [0.3, 0.4) is 0 Å². The molecule has 0 spiro atoms. The molecule has 1 rings (SSSR count). The summed E-state index contributed by atoms with van der Waals surface area (Å²) in [5, 5.41) is 3.43. The van der Waals surface area contributed by atoms with Crippen molar-refractivity contribution in [3.63, 3.8) is 0 Å². The summed E-state index contributed by atoms with van der Waals surface area (Å²) in [6.45, 7) is 11.3. The number of alkyl carbamates (subject to hydrolysis) is 1. The van der Waals surface area contributed by atoms with E-state index < -0.39 is 11.7 Å². The Morgan fingerprint density at radius 2 is 1.84 bits per heavy atom. The molecule has 1 aromatic carbocycles. The maximum atomic E-state index is 11.7. The van der Waals surface area contributed by atoms with Gasteiger partial charge in [-0.15, -0.1) is 0 Å². The second-order valence-corrected chi connectivity index (χ2v) is 5.84. The Morgan fingerprint density at radius 1 is 1.32 bits per heavy atom. The topological polar surface area (TPSA) is 38.3 Å². The molecule has 1 N–H and O–H groups in total. The minimum Gasteiger partial charge on any atom is -0.444 e. The Hall–Kier alpha value is -1.48. The van der Waals surface area contributed by atoms with Gasteiger partial charge in [0.05, 0.1) is 6.04 Å². The molecule has 0 saturated heterocycles. The summed E-state index contributed by atoms with van der Waals surface area (Å²) >= 11 is 5.83. The first kappa shape index (κ1) is 15.6. The van der Waals surface area contributed by atoms with Crippen molar-refractivity contribution in [2.45, 2.75) is 39.3 Å². The van der Waals surface area contributed by atoms with Gasteiger partial charge in [-0.2, -0.15) is 0 Å². The molecule has 0 fully saturated rings. The number of hydrogen-bond donors (Lipinski definition) is 1. The predicted octanol–water partition coefficient (Wildman–Crippen LogP) is 4.27. The average Bonchev–Trinajstić information content (AvgIpc) is 2.26. The van der Waals surface area contributed by atoms with Crippen molar-refractivity contribution < 1.29 is 9.53 Å². The monoisotopic (exact) mass is 281 g/mol. The number of rotatable bonds is 3. The minimum absolute atomic E-state index is 0.212. The molecule has 4 heteroatoms. The van der Waals surface area contributed by atoms with E-state index in [9.17, 15) is 4.79 Å². The zero-order valence-electron chi connectivity index (χ0n) is 11.8. The van der Waals surface area contributed by atoms with Crippen LogP contribution in [-0.2, 0) is 4.74 Å². The molecule has 0 bridgehead atoms. The summed E-state index contributed by atoms with van der Waals surface area (Å²) < 4.78 is 5.20. The van der Waals surface area contributed by atoms with Crippen LogP contribution in [0, 0.1) is 0 Å². The third kappa shape index (κ3) is 5.35. The molecule has 0 heterocycles. The molecule has 0 aliphatic carbocycles. The van der Waals surface area contributed by atoms with E-state index >= 15 is 0 Å². The fraction of sp³-hybridized carbons (Fsp3) is 0.400. The molecular weight excluding hydrogens is 262 g/mol. The number of ether oxygens (including phenoxy) is 1. The van der Waals surface area contributed by atoms with Gasteiger partial charge >= 0.3 is 6.09 Å². The van der Waals surface area contributed by atoms with Gasteiger partial charge in [-0.1, -0.05) is 30.3 Å². The average molecular weight is 282 g/mol. The lowest BCUT2D eigenvalue weighted by Crippen LogP contribution is -2.38. The van der Waals surface area contributed by atoms with Crippen LogP contribution in [0.25, 0.3) is 5.57 Å². The molecule has 19 heavy (non-hydrogen) atoms. The van der Waals surface area contributed by atoms with E-state index in [-0.39, 0.29) is 6.04 Å². The fourth-order valence-electron chi connectivity index (χ4n) is 1.49. The standard InChI is InChI=1S/C15H20ClNO2/c1-10(12-6-8-13(16)9-7-12)11(2)17-14(18)19-15(3,4)5/h6-9,11H,1H2,2-5H3,(H,17,18)/t11-/m0/s1. The van der Waals surface area contributed by atoms with Gasteiger partial charge in [0, 0.05) is 5.02 Å². The molecule has 3 nitrogen and oxygen atoms in total. The number of hydrogen-bond acceptors (Lipinski definition) is 2. The third-order valence-corrected chi connectivity index (χ3v) is 2.72. The molecule has 1 amide bonds. The minimum atomic E-state index is -0.509. The van der Waals surface area contributed by atoms with Crippen molar-refractivity contribution in [1.29, 1.82) is 0 Å². The summed E-state index contributed by atoms with van der Waals surface area (Å²) in [5.74, 6) is 0. The van der Waals surface area contributed by atoms with Crippen LogP contribution < -0.4 is 5.32 Å². The van der Waals surface area contributed by atoms with Gasteiger partial charge < -0.3 is 10.1 Å². The van der Waals surface area contributed by atoms with Crippen molar-refractivity contribution in [3.05, 3.63) is 41.4 Å². The lowest BCUT2D eigenvalue weighted by atomic mass is 10.0. The van der Waals surface area contributed by atoms with Crippen molar-refractivity contribution in [1.82, 2.24) is 5.32 Å². The van der Waals surface area contributed by atoms with Crippen LogP contribution >= 0.6 is 11.6 Å². The van der Waals surface area contributed by atoms with Crippen LogP contribution in [-0.4, -0.2) is 17.7 Å². The normalized spacial score (nSPS) is 12.7. The van der Waals surface area contributed by atoms with Gasteiger partial charge in [0.1, 0.15) is 5.60 Å². The van der Waals surface area contributed by atoms with E-state index in [1.54, 1.807) is 12.1 Å². The van der Waals surface area contributed by atoms with Gasteiger partial charge in [-0.3, -0.25) is 0 Å². The molecule has 104 valence electrons. The molecule has 0 aliphatic rings. The molecule has 0 saturated carbocycles. The molecular formula is C15H20ClNO2. The Labute approximate surface area is 119 Å². The highest BCUT2D eigenvalue weighted by molar-refractivity contribution is 6.30. The summed E-state index contributed by atoms with van der Waals surface area (Å²) in [6.07, 6.45) is -0.449. The molecule has 0 radical (unpaired) electrons. The maximum absolute atomic E-state index is 11.7.